The molecule has 1 aromatic carbocycles. The van der Waals surface area contributed by atoms with Gasteiger partial charge in [-0.3, -0.25) is 4.79 Å². The summed E-state index contributed by atoms with van der Waals surface area (Å²) in [7, 11) is 0. The first-order valence-electron chi connectivity index (χ1n) is 6.12. The lowest BCUT2D eigenvalue weighted by atomic mass is 9.95. The summed E-state index contributed by atoms with van der Waals surface area (Å²) in [5.41, 5.74) is -2.10. The highest BCUT2D eigenvalue weighted by Crippen LogP contribution is 2.40. The number of rotatable bonds is 1. The maximum Gasteiger partial charge on any atom is 0.419 e. The van der Waals surface area contributed by atoms with Crippen molar-refractivity contribution in [1.82, 2.24) is 0 Å². The van der Waals surface area contributed by atoms with Gasteiger partial charge < -0.3 is 5.32 Å². The van der Waals surface area contributed by atoms with Crippen molar-refractivity contribution >= 4 is 23.2 Å². The van der Waals surface area contributed by atoms with Gasteiger partial charge in [0.1, 0.15) is 0 Å². The number of hydrogen-bond donors (Lipinski definition) is 1. The number of nitrogens with one attached hydrogen (secondary N) is 1. The van der Waals surface area contributed by atoms with Crippen LogP contribution in [0, 0.1) is 17.3 Å². The van der Waals surface area contributed by atoms with Gasteiger partial charge in [-0.15, -0.1) is 5.92 Å². The minimum absolute atomic E-state index is 0.000926. The Kier molecular flexibility index (Phi) is 4.95. The van der Waals surface area contributed by atoms with Gasteiger partial charge >= 0.3 is 6.18 Å². The van der Waals surface area contributed by atoms with E-state index in [4.69, 9.17) is 11.6 Å². The van der Waals surface area contributed by atoms with E-state index in [2.05, 4.69) is 17.2 Å². The predicted molar refractivity (Wildman–Crippen MR) is 77.1 cm³/mol. The Morgan fingerprint density at radius 3 is 2.24 bits per heavy atom. The molecule has 0 heterocycles. The Bertz CT molecular complexity index is 619. The quantitative estimate of drug-likeness (QED) is 0.746. The highest BCUT2D eigenvalue weighted by Gasteiger charge is 2.37. The van der Waals surface area contributed by atoms with Gasteiger partial charge in [-0.25, -0.2) is 0 Å². The number of alkyl halides is 3. The van der Waals surface area contributed by atoms with Crippen LogP contribution in [0.5, 0.6) is 0 Å². The first-order valence-corrected chi connectivity index (χ1v) is 6.50. The van der Waals surface area contributed by atoms with Crippen molar-refractivity contribution in [2.75, 3.05) is 5.32 Å². The van der Waals surface area contributed by atoms with Crippen LogP contribution in [0.25, 0.3) is 0 Å². The normalized spacial score (nSPS) is 11.6. The third kappa shape index (κ3) is 4.15. The summed E-state index contributed by atoms with van der Waals surface area (Å²) in [6.45, 7) is 6.40. The molecule has 1 rings (SSSR count). The van der Waals surface area contributed by atoms with Crippen molar-refractivity contribution in [2.24, 2.45) is 5.41 Å². The fourth-order valence-electron chi connectivity index (χ4n) is 1.52. The molecule has 0 atom stereocenters. The Morgan fingerprint density at radius 2 is 1.81 bits per heavy atom. The topological polar surface area (TPSA) is 29.1 Å². The summed E-state index contributed by atoms with van der Waals surface area (Å²) in [5.74, 6) is 4.39. The standard InChI is InChI=1S/C15H15ClF3NO/c1-5-6-9-11(20-13(21)14(2,3)4)8-7-10(16)12(9)15(17,18)19/h7-8H,1-4H3,(H,20,21). The Balaban J connectivity index is 3.47. The van der Waals surface area contributed by atoms with Crippen molar-refractivity contribution in [3.8, 4) is 11.8 Å². The second kappa shape index (κ2) is 5.98. The van der Waals surface area contributed by atoms with Crippen molar-refractivity contribution < 1.29 is 18.0 Å². The number of benzene rings is 1. The number of carbonyl (C=O) groups is 1. The maximum atomic E-state index is 13.1. The maximum absolute atomic E-state index is 13.1. The van der Waals surface area contributed by atoms with E-state index in [1.807, 2.05) is 0 Å². The molecule has 0 aliphatic heterocycles. The van der Waals surface area contributed by atoms with Crippen LogP contribution in [0.15, 0.2) is 12.1 Å². The van der Waals surface area contributed by atoms with Gasteiger partial charge in [-0.1, -0.05) is 38.3 Å². The summed E-state index contributed by atoms with van der Waals surface area (Å²) in [6.07, 6.45) is -4.65. The van der Waals surface area contributed by atoms with Crippen LogP contribution in [-0.2, 0) is 11.0 Å². The van der Waals surface area contributed by atoms with Gasteiger partial charge in [0.05, 0.1) is 21.8 Å². The minimum Gasteiger partial charge on any atom is -0.324 e. The smallest absolute Gasteiger partial charge is 0.324 e. The molecule has 0 aromatic heterocycles. The van der Waals surface area contributed by atoms with Gasteiger partial charge in [0.2, 0.25) is 5.91 Å². The average Bonchev–Trinajstić information content (AvgIpc) is 2.29. The molecular weight excluding hydrogens is 303 g/mol. The molecule has 2 nitrogen and oxygen atoms in total. The number of halogens is 4. The molecule has 1 N–H and O–H groups in total. The summed E-state index contributed by atoms with van der Waals surface area (Å²) >= 11 is 5.65. The predicted octanol–water partition coefficient (Wildman–Crippen LogP) is 4.71. The van der Waals surface area contributed by atoms with Crippen molar-refractivity contribution in [3.05, 3.63) is 28.3 Å². The largest absolute Gasteiger partial charge is 0.419 e. The zero-order chi connectivity index (χ0) is 16.4. The Hall–Kier alpha value is -1.67. The molecule has 6 heteroatoms. The van der Waals surface area contributed by atoms with Crippen LogP contribution in [0.4, 0.5) is 18.9 Å². The van der Waals surface area contributed by atoms with E-state index in [1.54, 1.807) is 20.8 Å². The number of amides is 1. The minimum atomic E-state index is -4.65. The third-order valence-electron chi connectivity index (χ3n) is 2.62. The molecule has 1 amide bonds. The van der Waals surface area contributed by atoms with Crippen molar-refractivity contribution in [3.63, 3.8) is 0 Å². The first kappa shape index (κ1) is 17.4. The SMILES string of the molecule is CC#Cc1c(NC(=O)C(C)(C)C)ccc(Cl)c1C(F)(F)F. The Morgan fingerprint density at radius 1 is 1.24 bits per heavy atom. The van der Waals surface area contributed by atoms with Crippen LogP contribution < -0.4 is 5.32 Å². The zero-order valence-corrected chi connectivity index (χ0v) is 12.8. The average molecular weight is 318 g/mol. The van der Waals surface area contributed by atoms with Crippen LogP contribution in [0.3, 0.4) is 0 Å². The molecule has 0 saturated heterocycles. The number of anilines is 1. The van der Waals surface area contributed by atoms with Crippen LogP contribution in [-0.4, -0.2) is 5.91 Å². The zero-order valence-electron chi connectivity index (χ0n) is 12.1. The van der Waals surface area contributed by atoms with E-state index < -0.39 is 28.1 Å². The molecule has 0 bridgehead atoms. The van der Waals surface area contributed by atoms with Crippen molar-refractivity contribution in [1.29, 1.82) is 0 Å². The molecule has 114 valence electrons. The fraction of sp³-hybridized carbons (Fsp3) is 0.400. The Labute approximate surface area is 126 Å². The van der Waals surface area contributed by atoms with Gasteiger partial charge in [0.15, 0.2) is 0 Å². The second-order valence-corrected chi connectivity index (χ2v) is 5.83. The van der Waals surface area contributed by atoms with E-state index in [0.29, 0.717) is 0 Å². The third-order valence-corrected chi connectivity index (χ3v) is 2.93. The molecule has 0 radical (unpaired) electrons. The monoisotopic (exact) mass is 317 g/mol. The van der Waals surface area contributed by atoms with Gasteiger partial charge in [-0.2, -0.15) is 13.2 Å². The van der Waals surface area contributed by atoms with E-state index in [-0.39, 0.29) is 11.3 Å². The van der Waals surface area contributed by atoms with E-state index in [1.165, 1.54) is 13.0 Å². The van der Waals surface area contributed by atoms with Gasteiger partial charge in [-0.05, 0) is 19.1 Å². The molecule has 0 aliphatic rings. The van der Waals surface area contributed by atoms with E-state index in [9.17, 15) is 18.0 Å². The molecule has 1 aromatic rings. The first-order chi connectivity index (χ1) is 9.48. The molecule has 0 spiro atoms. The molecule has 0 fully saturated rings. The summed E-state index contributed by atoms with van der Waals surface area (Å²) in [6, 6.07) is 2.42. The summed E-state index contributed by atoms with van der Waals surface area (Å²) in [5, 5.41) is 2.02. The van der Waals surface area contributed by atoms with Crippen LogP contribution in [0.2, 0.25) is 5.02 Å². The number of carbonyl (C=O) groups excluding carboxylic acids is 1. The molecule has 0 aliphatic carbocycles. The lowest BCUT2D eigenvalue weighted by Crippen LogP contribution is -2.28. The highest BCUT2D eigenvalue weighted by atomic mass is 35.5. The van der Waals surface area contributed by atoms with Crippen LogP contribution >= 0.6 is 11.6 Å². The van der Waals surface area contributed by atoms with Crippen molar-refractivity contribution in [2.45, 2.75) is 33.9 Å². The second-order valence-electron chi connectivity index (χ2n) is 5.42. The molecular formula is C15H15ClF3NO. The fourth-order valence-corrected chi connectivity index (χ4v) is 1.79. The lowest BCUT2D eigenvalue weighted by Gasteiger charge is -2.20. The molecule has 0 saturated carbocycles. The van der Waals surface area contributed by atoms with E-state index >= 15 is 0 Å². The van der Waals surface area contributed by atoms with Crippen LogP contribution in [0.1, 0.15) is 38.8 Å². The van der Waals surface area contributed by atoms with E-state index in [0.717, 1.165) is 6.07 Å². The lowest BCUT2D eigenvalue weighted by molar-refractivity contribution is -0.137. The summed E-state index contributed by atoms with van der Waals surface area (Å²) < 4.78 is 39.4. The molecule has 0 unspecified atom stereocenters. The van der Waals surface area contributed by atoms with Gasteiger partial charge in [0.25, 0.3) is 0 Å². The number of hydrogen-bond acceptors (Lipinski definition) is 1. The highest BCUT2D eigenvalue weighted by molar-refractivity contribution is 6.31. The summed E-state index contributed by atoms with van der Waals surface area (Å²) in [4.78, 5) is 12.0. The van der Waals surface area contributed by atoms with Gasteiger partial charge in [0, 0.05) is 5.41 Å². The molecule has 21 heavy (non-hydrogen) atoms.